The largest absolute Gasteiger partial charge is 0.507 e. The van der Waals surface area contributed by atoms with Crippen LogP contribution < -0.4 is 5.32 Å². The number of ether oxygens (including phenoxy) is 1. The number of phenolic OH excluding ortho intramolecular Hbond substituents is 1. The van der Waals surface area contributed by atoms with Crippen molar-refractivity contribution in [2.45, 2.75) is 0 Å². The first-order chi connectivity index (χ1) is 10.6. The predicted octanol–water partition coefficient (Wildman–Crippen LogP) is 2.83. The molecule has 0 aliphatic heterocycles. The molecule has 0 fully saturated rings. The summed E-state index contributed by atoms with van der Waals surface area (Å²) in [7, 11) is 1.22. The molecule has 112 valence electrons. The molecule has 0 radical (unpaired) electrons. The van der Waals surface area contributed by atoms with Gasteiger partial charge in [0.2, 0.25) is 5.91 Å². The van der Waals surface area contributed by atoms with Crippen molar-refractivity contribution in [3.05, 3.63) is 65.7 Å². The summed E-state index contributed by atoms with van der Waals surface area (Å²) in [6, 6.07) is 13.6. The lowest BCUT2D eigenvalue weighted by Gasteiger charge is -2.06. The third-order valence-corrected chi connectivity index (χ3v) is 2.90. The number of methoxy groups -OCH3 is 1. The van der Waals surface area contributed by atoms with Gasteiger partial charge in [-0.3, -0.25) is 4.79 Å². The fraction of sp³-hybridized carbons (Fsp3) is 0.0588. The van der Waals surface area contributed by atoms with E-state index < -0.39 is 5.97 Å². The lowest BCUT2D eigenvalue weighted by Crippen LogP contribution is -2.09. The Balaban J connectivity index is 2.09. The number of nitrogens with one attached hydrogen (secondary N) is 1. The molecule has 0 aliphatic carbocycles. The van der Waals surface area contributed by atoms with E-state index in [4.69, 9.17) is 0 Å². The highest BCUT2D eigenvalue weighted by molar-refractivity contribution is 6.03. The van der Waals surface area contributed by atoms with Gasteiger partial charge in [0.1, 0.15) is 11.3 Å². The van der Waals surface area contributed by atoms with Crippen LogP contribution in [-0.2, 0) is 9.53 Å². The summed E-state index contributed by atoms with van der Waals surface area (Å²) in [5.74, 6) is -1.22. The summed E-state index contributed by atoms with van der Waals surface area (Å²) in [6.45, 7) is 0. The van der Waals surface area contributed by atoms with Gasteiger partial charge in [-0.15, -0.1) is 0 Å². The van der Waals surface area contributed by atoms with Gasteiger partial charge in [-0.2, -0.15) is 0 Å². The molecule has 0 spiro atoms. The van der Waals surface area contributed by atoms with E-state index >= 15 is 0 Å². The van der Waals surface area contributed by atoms with Crippen molar-refractivity contribution < 1.29 is 19.4 Å². The Morgan fingerprint density at radius 3 is 2.55 bits per heavy atom. The van der Waals surface area contributed by atoms with Gasteiger partial charge in [-0.25, -0.2) is 4.79 Å². The van der Waals surface area contributed by atoms with E-state index in [1.165, 1.54) is 31.4 Å². The molecule has 0 bridgehead atoms. The van der Waals surface area contributed by atoms with Gasteiger partial charge < -0.3 is 15.2 Å². The maximum absolute atomic E-state index is 11.8. The average molecular weight is 297 g/mol. The number of hydrogen-bond donors (Lipinski definition) is 2. The summed E-state index contributed by atoms with van der Waals surface area (Å²) in [5, 5.41) is 12.2. The number of anilines is 1. The third-order valence-electron chi connectivity index (χ3n) is 2.90. The molecule has 1 amide bonds. The molecule has 2 aromatic rings. The van der Waals surface area contributed by atoms with Crippen molar-refractivity contribution in [1.29, 1.82) is 0 Å². The average Bonchev–Trinajstić information content (AvgIpc) is 2.55. The number of hydrogen-bond acceptors (Lipinski definition) is 4. The van der Waals surface area contributed by atoms with Crippen molar-refractivity contribution in [3.8, 4) is 5.75 Å². The lowest BCUT2D eigenvalue weighted by molar-refractivity contribution is -0.111. The van der Waals surface area contributed by atoms with Gasteiger partial charge in [0.05, 0.1) is 7.11 Å². The molecule has 5 nitrogen and oxygen atoms in total. The van der Waals surface area contributed by atoms with Gasteiger partial charge in [0, 0.05) is 11.8 Å². The van der Waals surface area contributed by atoms with Crippen LogP contribution in [0.2, 0.25) is 0 Å². The summed E-state index contributed by atoms with van der Waals surface area (Å²) in [4.78, 5) is 23.3. The normalized spacial score (nSPS) is 10.4. The predicted molar refractivity (Wildman–Crippen MR) is 83.6 cm³/mol. The first kappa shape index (κ1) is 15.3. The number of benzene rings is 2. The highest BCUT2D eigenvalue weighted by Crippen LogP contribution is 2.22. The molecule has 0 saturated carbocycles. The molecular formula is C17H15NO4. The summed E-state index contributed by atoms with van der Waals surface area (Å²) in [5.41, 5.74) is 1.28. The van der Waals surface area contributed by atoms with Crippen molar-refractivity contribution in [2.75, 3.05) is 12.4 Å². The van der Waals surface area contributed by atoms with Crippen molar-refractivity contribution in [3.63, 3.8) is 0 Å². The Bertz CT molecular complexity index is 708. The minimum absolute atomic E-state index is 0.00709. The lowest BCUT2D eigenvalue weighted by atomic mass is 10.1. The molecule has 0 heterocycles. The van der Waals surface area contributed by atoms with Gasteiger partial charge in [-0.1, -0.05) is 30.3 Å². The first-order valence-electron chi connectivity index (χ1n) is 6.55. The van der Waals surface area contributed by atoms with Crippen molar-refractivity contribution >= 4 is 23.6 Å². The first-order valence-corrected chi connectivity index (χ1v) is 6.55. The number of aromatic hydroxyl groups is 1. The van der Waals surface area contributed by atoms with Crippen molar-refractivity contribution in [2.24, 2.45) is 0 Å². The topological polar surface area (TPSA) is 75.6 Å². The molecule has 0 atom stereocenters. The Morgan fingerprint density at radius 1 is 1.14 bits per heavy atom. The molecule has 2 N–H and O–H groups in total. The number of carbonyl (C=O) groups excluding carboxylic acids is 2. The second-order valence-corrected chi connectivity index (χ2v) is 4.46. The van der Waals surface area contributed by atoms with Crippen molar-refractivity contribution in [1.82, 2.24) is 0 Å². The number of rotatable bonds is 4. The van der Waals surface area contributed by atoms with E-state index in [9.17, 15) is 14.7 Å². The van der Waals surface area contributed by atoms with Crippen LogP contribution in [0.15, 0.2) is 54.6 Å². The second kappa shape index (κ2) is 7.08. The quantitative estimate of drug-likeness (QED) is 0.517. The zero-order valence-corrected chi connectivity index (χ0v) is 11.9. The Hall–Kier alpha value is -3.08. The number of esters is 1. The third kappa shape index (κ3) is 3.96. The Morgan fingerprint density at radius 2 is 1.86 bits per heavy atom. The number of carbonyl (C=O) groups is 2. The van der Waals surface area contributed by atoms with Crippen LogP contribution in [0.3, 0.4) is 0 Å². The smallest absolute Gasteiger partial charge is 0.341 e. The maximum atomic E-state index is 11.8. The van der Waals surface area contributed by atoms with Crippen LogP contribution >= 0.6 is 0 Å². The van der Waals surface area contributed by atoms with Crippen LogP contribution in [0.5, 0.6) is 5.75 Å². The minimum Gasteiger partial charge on any atom is -0.507 e. The highest BCUT2D eigenvalue weighted by Gasteiger charge is 2.12. The zero-order chi connectivity index (χ0) is 15.9. The molecule has 2 rings (SSSR count). The SMILES string of the molecule is COC(=O)c1cc(NC(=O)C=Cc2ccccc2)ccc1O. The van der Waals surface area contributed by atoms with Crippen LogP contribution in [-0.4, -0.2) is 24.1 Å². The van der Waals surface area contributed by atoms with E-state index in [-0.39, 0.29) is 17.2 Å². The molecule has 0 aromatic heterocycles. The number of phenols is 1. The second-order valence-electron chi connectivity index (χ2n) is 4.46. The fourth-order valence-corrected chi connectivity index (χ4v) is 1.81. The molecule has 22 heavy (non-hydrogen) atoms. The monoisotopic (exact) mass is 297 g/mol. The van der Waals surface area contributed by atoms with E-state index in [1.54, 1.807) is 6.08 Å². The van der Waals surface area contributed by atoms with E-state index in [2.05, 4.69) is 10.1 Å². The molecule has 0 unspecified atom stereocenters. The fourth-order valence-electron chi connectivity index (χ4n) is 1.81. The van der Waals surface area contributed by atoms with Crippen LogP contribution in [0.1, 0.15) is 15.9 Å². The van der Waals surface area contributed by atoms with Gasteiger partial charge in [0.25, 0.3) is 0 Å². The highest BCUT2D eigenvalue weighted by atomic mass is 16.5. The van der Waals surface area contributed by atoms with Gasteiger partial charge in [-0.05, 0) is 29.8 Å². The zero-order valence-electron chi connectivity index (χ0n) is 11.9. The summed E-state index contributed by atoms with van der Waals surface area (Å²) >= 11 is 0. The standard InChI is InChI=1S/C17H15NO4/c1-22-17(21)14-11-13(8-9-15(14)19)18-16(20)10-7-12-5-3-2-4-6-12/h2-11,19H,1H3,(H,18,20). The van der Waals surface area contributed by atoms with E-state index in [0.29, 0.717) is 5.69 Å². The molecular weight excluding hydrogens is 282 g/mol. The molecule has 2 aromatic carbocycles. The maximum Gasteiger partial charge on any atom is 0.341 e. The van der Waals surface area contributed by atoms with Crippen LogP contribution in [0, 0.1) is 0 Å². The Kier molecular flexibility index (Phi) is 4.93. The molecule has 0 saturated heterocycles. The van der Waals surface area contributed by atoms with E-state index in [0.717, 1.165) is 5.56 Å². The van der Waals surface area contributed by atoms with Crippen LogP contribution in [0.25, 0.3) is 6.08 Å². The Labute approximate surface area is 127 Å². The van der Waals surface area contributed by atoms with Gasteiger partial charge >= 0.3 is 5.97 Å². The molecule has 5 heteroatoms. The van der Waals surface area contributed by atoms with Gasteiger partial charge in [0.15, 0.2) is 0 Å². The number of amides is 1. The minimum atomic E-state index is -0.673. The summed E-state index contributed by atoms with van der Waals surface area (Å²) in [6.07, 6.45) is 3.07. The molecule has 0 aliphatic rings. The summed E-state index contributed by atoms with van der Waals surface area (Å²) < 4.78 is 4.56. The van der Waals surface area contributed by atoms with E-state index in [1.807, 2.05) is 30.3 Å². The van der Waals surface area contributed by atoms with Crippen LogP contribution in [0.4, 0.5) is 5.69 Å².